The van der Waals surface area contributed by atoms with Crippen molar-refractivity contribution in [3.05, 3.63) is 89.5 Å². The summed E-state index contributed by atoms with van der Waals surface area (Å²) in [6.07, 6.45) is 5.28. The van der Waals surface area contributed by atoms with Crippen LogP contribution in [0.15, 0.2) is 66.9 Å². The number of benzene rings is 2. The van der Waals surface area contributed by atoms with Gasteiger partial charge < -0.3 is 15.0 Å². The van der Waals surface area contributed by atoms with E-state index in [9.17, 15) is 0 Å². The molecule has 0 bridgehead atoms. The zero-order chi connectivity index (χ0) is 25.8. The lowest BCUT2D eigenvalue weighted by molar-refractivity contribution is 0.0824. The van der Waals surface area contributed by atoms with Crippen molar-refractivity contribution in [2.24, 2.45) is 0 Å². The summed E-state index contributed by atoms with van der Waals surface area (Å²) in [6, 6.07) is 22.3. The first kappa shape index (κ1) is 25.6. The minimum atomic E-state index is -1.15. The van der Waals surface area contributed by atoms with Crippen molar-refractivity contribution in [2.45, 2.75) is 70.8 Å². The van der Waals surface area contributed by atoms with E-state index in [4.69, 9.17) is 20.4 Å². The van der Waals surface area contributed by atoms with Crippen LogP contribution < -0.4 is 5.73 Å². The van der Waals surface area contributed by atoms with Crippen molar-refractivity contribution >= 4 is 24.8 Å². The fourth-order valence-electron chi connectivity index (χ4n) is 5.18. The number of para-hydroxylation sites is 2. The lowest BCUT2D eigenvalue weighted by Gasteiger charge is -2.35. The molecule has 1 aliphatic carbocycles. The Morgan fingerprint density at radius 3 is 2.65 bits per heavy atom. The number of hydrogen-bond donors (Lipinski definition) is 1. The molecule has 2 N–H and O–H groups in total. The van der Waals surface area contributed by atoms with Crippen LogP contribution in [-0.2, 0) is 31.0 Å². The van der Waals surface area contributed by atoms with Crippen molar-refractivity contribution in [1.82, 2.24) is 19.4 Å². The molecule has 1 unspecified atom stereocenters. The van der Waals surface area contributed by atoms with Crippen LogP contribution >= 0.6 is 0 Å². The van der Waals surface area contributed by atoms with Crippen LogP contribution in [-0.4, -0.2) is 34.1 Å². The second kappa shape index (κ2) is 11.2. The second-order valence-electron chi connectivity index (χ2n) is 11.4. The highest BCUT2D eigenvalue weighted by atomic mass is 28.3. The van der Waals surface area contributed by atoms with Crippen molar-refractivity contribution in [3.8, 4) is 0 Å². The van der Waals surface area contributed by atoms with Gasteiger partial charge in [-0.15, -0.1) is 0 Å². The molecule has 5 rings (SSSR count). The number of pyridine rings is 1. The molecule has 1 aliphatic rings. The Bertz CT molecular complexity index is 1330. The van der Waals surface area contributed by atoms with Gasteiger partial charge in [0.1, 0.15) is 12.6 Å². The number of aromatic nitrogens is 3. The third kappa shape index (κ3) is 6.29. The van der Waals surface area contributed by atoms with Gasteiger partial charge in [-0.3, -0.25) is 9.88 Å². The average molecular weight is 514 g/mol. The zero-order valence-electron chi connectivity index (χ0n) is 22.4. The number of nitrogen functional groups attached to an aromatic ring is 1. The molecule has 2 aromatic heterocycles. The van der Waals surface area contributed by atoms with Gasteiger partial charge in [-0.05, 0) is 66.8 Å². The number of nitrogens with two attached hydrogens (primary N) is 1. The van der Waals surface area contributed by atoms with Crippen LogP contribution in [0, 0.1) is 0 Å². The van der Waals surface area contributed by atoms with E-state index >= 15 is 0 Å². The standard InChI is InChI=1S/C30H39N5OSi/c1-37(2,3)19-18-36-22-35-27-11-5-4-10-26(27)33-29(35)21-34(20-23-13-15-25(31)16-14-23)28-12-6-8-24-9-7-17-32-30(24)28/h4-5,7,9-11,13-17,28H,6,8,12,18-22,31H2,1-3H3. The summed E-state index contributed by atoms with van der Waals surface area (Å²) < 4.78 is 8.49. The SMILES string of the molecule is C[Si](C)(C)CCOCn1c(CN(Cc2ccc(N)cc2)C2CCCc3cccnc32)nc2ccccc21. The number of nitrogens with zero attached hydrogens (tertiary/aromatic N) is 4. The average Bonchev–Trinajstić information content (AvgIpc) is 3.23. The molecule has 0 fully saturated rings. The molecule has 4 aromatic rings. The number of fused-ring (bicyclic) bond motifs is 2. The van der Waals surface area contributed by atoms with Crippen LogP contribution in [0.4, 0.5) is 5.69 Å². The molecular formula is C30H39N5OSi. The van der Waals surface area contributed by atoms with Crippen LogP contribution in [0.25, 0.3) is 11.0 Å². The molecule has 0 saturated heterocycles. The lowest BCUT2D eigenvalue weighted by atomic mass is 9.90. The minimum Gasteiger partial charge on any atom is -0.399 e. The monoisotopic (exact) mass is 513 g/mol. The number of imidazole rings is 1. The molecule has 0 aliphatic heterocycles. The molecule has 0 radical (unpaired) electrons. The van der Waals surface area contributed by atoms with Gasteiger partial charge in [0.15, 0.2) is 0 Å². The molecule has 194 valence electrons. The maximum absolute atomic E-state index is 6.23. The maximum atomic E-state index is 6.23. The summed E-state index contributed by atoms with van der Waals surface area (Å²) in [7, 11) is -1.15. The number of ether oxygens (including phenoxy) is 1. The summed E-state index contributed by atoms with van der Waals surface area (Å²) in [6.45, 7) is 10.0. The molecule has 0 saturated carbocycles. The Morgan fingerprint density at radius 1 is 1.03 bits per heavy atom. The summed E-state index contributed by atoms with van der Waals surface area (Å²) in [5, 5.41) is 0. The van der Waals surface area contributed by atoms with E-state index in [0.717, 1.165) is 67.5 Å². The number of rotatable bonds is 10. The summed E-state index contributed by atoms with van der Waals surface area (Å²) >= 11 is 0. The highest BCUT2D eigenvalue weighted by Crippen LogP contribution is 2.35. The normalized spacial score (nSPS) is 15.8. The van der Waals surface area contributed by atoms with E-state index in [1.54, 1.807) is 0 Å². The van der Waals surface area contributed by atoms with E-state index in [-0.39, 0.29) is 6.04 Å². The topological polar surface area (TPSA) is 69.2 Å². The summed E-state index contributed by atoms with van der Waals surface area (Å²) in [5.74, 6) is 1.03. The van der Waals surface area contributed by atoms with E-state index in [2.05, 4.69) is 77.6 Å². The molecule has 2 heterocycles. The first-order chi connectivity index (χ1) is 17.9. The van der Waals surface area contributed by atoms with Crippen LogP contribution in [0.2, 0.25) is 25.7 Å². The van der Waals surface area contributed by atoms with Crippen molar-refractivity contribution in [1.29, 1.82) is 0 Å². The van der Waals surface area contributed by atoms with Gasteiger partial charge in [-0.1, -0.05) is 50.0 Å². The third-order valence-electron chi connectivity index (χ3n) is 7.27. The first-order valence-corrected chi connectivity index (χ1v) is 17.1. The Balaban J connectivity index is 1.47. The highest BCUT2D eigenvalue weighted by Gasteiger charge is 2.29. The highest BCUT2D eigenvalue weighted by molar-refractivity contribution is 6.76. The van der Waals surface area contributed by atoms with Crippen LogP contribution in [0.5, 0.6) is 0 Å². The maximum Gasteiger partial charge on any atom is 0.126 e. The molecule has 2 aromatic carbocycles. The van der Waals surface area contributed by atoms with Gasteiger partial charge in [0.2, 0.25) is 0 Å². The van der Waals surface area contributed by atoms with Crippen molar-refractivity contribution in [3.63, 3.8) is 0 Å². The van der Waals surface area contributed by atoms with Gasteiger partial charge >= 0.3 is 0 Å². The van der Waals surface area contributed by atoms with Gasteiger partial charge in [-0.2, -0.15) is 0 Å². The largest absolute Gasteiger partial charge is 0.399 e. The molecule has 0 spiro atoms. The number of anilines is 1. The smallest absolute Gasteiger partial charge is 0.126 e. The Hall–Kier alpha value is -3.00. The predicted octanol–water partition coefficient (Wildman–Crippen LogP) is 6.41. The van der Waals surface area contributed by atoms with Gasteiger partial charge in [0.25, 0.3) is 0 Å². The fourth-order valence-corrected chi connectivity index (χ4v) is 5.94. The van der Waals surface area contributed by atoms with Gasteiger partial charge in [-0.25, -0.2) is 4.98 Å². The molecule has 1 atom stereocenters. The minimum absolute atomic E-state index is 0.239. The number of hydrogen-bond acceptors (Lipinski definition) is 5. The van der Waals surface area contributed by atoms with Gasteiger partial charge in [0, 0.05) is 33.1 Å². The fraction of sp³-hybridized carbons (Fsp3) is 0.400. The Kier molecular flexibility index (Phi) is 7.74. The van der Waals surface area contributed by atoms with E-state index in [0.29, 0.717) is 6.73 Å². The van der Waals surface area contributed by atoms with E-state index < -0.39 is 8.07 Å². The predicted molar refractivity (Wildman–Crippen MR) is 154 cm³/mol. The molecule has 37 heavy (non-hydrogen) atoms. The van der Waals surface area contributed by atoms with Gasteiger partial charge in [0.05, 0.1) is 29.3 Å². The Morgan fingerprint density at radius 2 is 1.84 bits per heavy atom. The number of aryl methyl sites for hydroxylation is 1. The molecular weight excluding hydrogens is 474 g/mol. The molecule has 7 heteroatoms. The lowest BCUT2D eigenvalue weighted by Crippen LogP contribution is -2.32. The quantitative estimate of drug-likeness (QED) is 0.151. The second-order valence-corrected chi connectivity index (χ2v) is 17.0. The summed E-state index contributed by atoms with van der Waals surface area (Å²) in [4.78, 5) is 12.5. The van der Waals surface area contributed by atoms with E-state index in [1.807, 2.05) is 18.3 Å². The first-order valence-electron chi connectivity index (χ1n) is 13.4. The van der Waals surface area contributed by atoms with Crippen LogP contribution in [0.3, 0.4) is 0 Å². The third-order valence-corrected chi connectivity index (χ3v) is 8.97. The summed E-state index contributed by atoms with van der Waals surface area (Å²) in [5.41, 5.74) is 12.7. The molecule has 6 nitrogen and oxygen atoms in total. The zero-order valence-corrected chi connectivity index (χ0v) is 23.4. The van der Waals surface area contributed by atoms with Crippen molar-refractivity contribution < 1.29 is 4.74 Å². The molecule has 0 amide bonds. The van der Waals surface area contributed by atoms with Crippen LogP contribution in [0.1, 0.15) is 41.5 Å². The Labute approximate surface area is 221 Å². The van der Waals surface area contributed by atoms with Crippen molar-refractivity contribution in [2.75, 3.05) is 12.3 Å². The van der Waals surface area contributed by atoms with E-state index in [1.165, 1.54) is 16.8 Å².